The van der Waals surface area contributed by atoms with Gasteiger partial charge in [-0.3, -0.25) is 9.69 Å². The standard InChI is InChI=1S/C21H20N4O2S/c22-13-16-5-7-17(8-6-16)27-15-21(26)25-11-9-24(10-12-25)14-20-23-18-3-1-2-4-19(18)28-20/h1-8H,9-12,14-15H2. The topological polar surface area (TPSA) is 69.5 Å². The molecule has 0 spiro atoms. The van der Waals surface area contributed by atoms with Crippen molar-refractivity contribution in [3.8, 4) is 11.8 Å². The van der Waals surface area contributed by atoms with Gasteiger partial charge in [-0.25, -0.2) is 4.98 Å². The van der Waals surface area contributed by atoms with Crippen LogP contribution in [0.1, 0.15) is 10.6 Å². The normalized spacial score (nSPS) is 14.8. The van der Waals surface area contributed by atoms with Crippen LogP contribution in [0, 0.1) is 11.3 Å². The maximum atomic E-state index is 12.4. The molecule has 0 saturated carbocycles. The van der Waals surface area contributed by atoms with Gasteiger partial charge in [0.2, 0.25) is 0 Å². The number of rotatable bonds is 5. The van der Waals surface area contributed by atoms with Gasteiger partial charge in [0.25, 0.3) is 5.91 Å². The van der Waals surface area contributed by atoms with E-state index in [0.717, 1.165) is 30.2 Å². The van der Waals surface area contributed by atoms with Gasteiger partial charge >= 0.3 is 0 Å². The first-order valence-corrected chi connectivity index (χ1v) is 10.0. The summed E-state index contributed by atoms with van der Waals surface area (Å²) in [4.78, 5) is 21.3. The zero-order chi connectivity index (χ0) is 19.3. The van der Waals surface area contributed by atoms with Gasteiger partial charge in [-0.15, -0.1) is 11.3 Å². The first-order valence-electron chi connectivity index (χ1n) is 9.19. The van der Waals surface area contributed by atoms with E-state index in [-0.39, 0.29) is 12.5 Å². The van der Waals surface area contributed by atoms with E-state index in [1.807, 2.05) is 23.1 Å². The molecule has 1 saturated heterocycles. The lowest BCUT2D eigenvalue weighted by molar-refractivity contribution is -0.135. The Morgan fingerprint density at radius 2 is 1.86 bits per heavy atom. The largest absolute Gasteiger partial charge is 0.484 e. The van der Waals surface area contributed by atoms with Crippen LogP contribution >= 0.6 is 11.3 Å². The van der Waals surface area contributed by atoms with E-state index in [9.17, 15) is 4.79 Å². The fourth-order valence-corrected chi connectivity index (χ4v) is 4.21. The van der Waals surface area contributed by atoms with Crippen LogP contribution in [0.15, 0.2) is 48.5 Å². The number of hydrogen-bond acceptors (Lipinski definition) is 6. The first-order chi connectivity index (χ1) is 13.7. The number of piperazine rings is 1. The summed E-state index contributed by atoms with van der Waals surface area (Å²) >= 11 is 1.73. The van der Waals surface area contributed by atoms with Crippen molar-refractivity contribution in [1.82, 2.24) is 14.8 Å². The Hall–Kier alpha value is -2.95. The van der Waals surface area contributed by atoms with Crippen molar-refractivity contribution in [2.45, 2.75) is 6.54 Å². The lowest BCUT2D eigenvalue weighted by Crippen LogP contribution is -2.49. The van der Waals surface area contributed by atoms with E-state index in [1.54, 1.807) is 35.6 Å². The number of para-hydroxylation sites is 1. The molecule has 1 aliphatic rings. The highest BCUT2D eigenvalue weighted by Gasteiger charge is 2.22. The van der Waals surface area contributed by atoms with Crippen LogP contribution in [0.25, 0.3) is 10.2 Å². The van der Waals surface area contributed by atoms with Crippen molar-refractivity contribution in [2.24, 2.45) is 0 Å². The van der Waals surface area contributed by atoms with E-state index in [1.165, 1.54) is 4.70 Å². The average Bonchev–Trinajstić information content (AvgIpc) is 3.15. The van der Waals surface area contributed by atoms with Crippen molar-refractivity contribution >= 4 is 27.5 Å². The maximum absolute atomic E-state index is 12.4. The Kier molecular flexibility index (Phi) is 5.51. The molecule has 0 N–H and O–H groups in total. The van der Waals surface area contributed by atoms with E-state index in [2.05, 4.69) is 17.0 Å². The fourth-order valence-electron chi connectivity index (χ4n) is 3.20. The molecule has 0 unspecified atom stereocenters. The number of nitriles is 1. The van der Waals surface area contributed by atoms with Crippen molar-refractivity contribution in [3.05, 3.63) is 59.1 Å². The number of ether oxygens (including phenoxy) is 1. The maximum Gasteiger partial charge on any atom is 0.260 e. The fraction of sp³-hybridized carbons (Fsp3) is 0.286. The van der Waals surface area contributed by atoms with Crippen molar-refractivity contribution in [1.29, 1.82) is 5.26 Å². The van der Waals surface area contributed by atoms with Gasteiger partial charge in [-0.2, -0.15) is 5.26 Å². The Morgan fingerprint density at radius 3 is 2.57 bits per heavy atom. The van der Waals surface area contributed by atoms with Gasteiger partial charge in [0.15, 0.2) is 6.61 Å². The zero-order valence-electron chi connectivity index (χ0n) is 15.4. The molecule has 6 nitrogen and oxygen atoms in total. The van der Waals surface area contributed by atoms with Crippen molar-refractivity contribution in [2.75, 3.05) is 32.8 Å². The molecule has 4 rings (SSSR count). The highest BCUT2D eigenvalue weighted by Crippen LogP contribution is 2.23. The zero-order valence-corrected chi connectivity index (χ0v) is 16.2. The SMILES string of the molecule is N#Cc1ccc(OCC(=O)N2CCN(Cc3nc4ccccc4s3)CC2)cc1. The number of benzene rings is 2. The summed E-state index contributed by atoms with van der Waals surface area (Å²) in [7, 11) is 0. The van der Waals surface area contributed by atoms with Crippen molar-refractivity contribution < 1.29 is 9.53 Å². The van der Waals surface area contributed by atoms with E-state index < -0.39 is 0 Å². The van der Waals surface area contributed by atoms with Gasteiger partial charge in [-0.1, -0.05) is 12.1 Å². The lowest BCUT2D eigenvalue weighted by Gasteiger charge is -2.34. The molecule has 2 aromatic carbocycles. The molecule has 0 aliphatic carbocycles. The molecule has 0 radical (unpaired) electrons. The van der Waals surface area contributed by atoms with Gasteiger partial charge in [0, 0.05) is 26.2 Å². The minimum atomic E-state index is -0.0102. The Balaban J connectivity index is 1.25. The second kappa shape index (κ2) is 8.38. The summed E-state index contributed by atoms with van der Waals surface area (Å²) in [5, 5.41) is 9.93. The lowest BCUT2D eigenvalue weighted by atomic mass is 10.2. The molecular formula is C21H20N4O2S. The summed E-state index contributed by atoms with van der Waals surface area (Å²) in [5.74, 6) is 0.589. The molecule has 142 valence electrons. The van der Waals surface area contributed by atoms with Gasteiger partial charge in [0.05, 0.1) is 28.4 Å². The van der Waals surface area contributed by atoms with Crippen LogP contribution in [0.2, 0.25) is 0 Å². The van der Waals surface area contributed by atoms with Crippen LogP contribution in [-0.4, -0.2) is 53.5 Å². The molecule has 1 fully saturated rings. The molecule has 3 aromatic rings. The van der Waals surface area contributed by atoms with Crippen molar-refractivity contribution in [3.63, 3.8) is 0 Å². The van der Waals surface area contributed by atoms with Gasteiger partial charge < -0.3 is 9.64 Å². The second-order valence-corrected chi connectivity index (χ2v) is 7.77. The second-order valence-electron chi connectivity index (χ2n) is 6.66. The third kappa shape index (κ3) is 4.30. The highest BCUT2D eigenvalue weighted by molar-refractivity contribution is 7.18. The molecule has 0 bridgehead atoms. The molecule has 1 amide bonds. The average molecular weight is 392 g/mol. The summed E-state index contributed by atoms with van der Waals surface area (Å²) in [6.45, 7) is 3.89. The predicted molar refractivity (Wildman–Crippen MR) is 108 cm³/mol. The number of hydrogen-bond donors (Lipinski definition) is 0. The Morgan fingerprint density at radius 1 is 1.11 bits per heavy atom. The number of thiazole rings is 1. The molecule has 28 heavy (non-hydrogen) atoms. The van der Waals surface area contributed by atoms with E-state index in [0.29, 0.717) is 24.4 Å². The van der Waals surface area contributed by atoms with Crippen LogP contribution in [0.4, 0.5) is 0 Å². The number of fused-ring (bicyclic) bond motifs is 1. The monoisotopic (exact) mass is 392 g/mol. The summed E-state index contributed by atoms with van der Waals surface area (Å²) < 4.78 is 6.77. The minimum absolute atomic E-state index is 0.0102. The van der Waals surface area contributed by atoms with Gasteiger partial charge in [-0.05, 0) is 36.4 Å². The Bertz CT molecular complexity index is 968. The van der Waals surface area contributed by atoms with Crippen LogP contribution in [0.3, 0.4) is 0 Å². The number of aromatic nitrogens is 1. The number of amides is 1. The smallest absolute Gasteiger partial charge is 0.260 e. The number of carbonyl (C=O) groups excluding carboxylic acids is 1. The number of carbonyl (C=O) groups is 1. The first kappa shape index (κ1) is 18.4. The quantitative estimate of drug-likeness (QED) is 0.668. The molecule has 0 atom stereocenters. The number of nitrogens with zero attached hydrogens (tertiary/aromatic N) is 4. The van der Waals surface area contributed by atoms with E-state index in [4.69, 9.17) is 15.0 Å². The van der Waals surface area contributed by atoms with Gasteiger partial charge in [0.1, 0.15) is 10.8 Å². The third-order valence-electron chi connectivity index (χ3n) is 4.77. The Labute approximate surface area is 167 Å². The molecule has 1 aliphatic heterocycles. The molecule has 7 heteroatoms. The molecular weight excluding hydrogens is 372 g/mol. The molecule has 2 heterocycles. The van der Waals surface area contributed by atoms with Crippen LogP contribution < -0.4 is 4.74 Å². The summed E-state index contributed by atoms with van der Waals surface area (Å²) in [6, 6.07) is 17.0. The predicted octanol–water partition coefficient (Wildman–Crippen LogP) is 2.89. The summed E-state index contributed by atoms with van der Waals surface area (Å²) in [6.07, 6.45) is 0. The minimum Gasteiger partial charge on any atom is -0.484 e. The highest BCUT2D eigenvalue weighted by atomic mass is 32.1. The third-order valence-corrected chi connectivity index (χ3v) is 5.79. The molecule has 1 aromatic heterocycles. The van der Waals surface area contributed by atoms with Crippen LogP contribution in [-0.2, 0) is 11.3 Å². The van der Waals surface area contributed by atoms with E-state index >= 15 is 0 Å². The summed E-state index contributed by atoms with van der Waals surface area (Å²) in [5.41, 5.74) is 1.62. The van der Waals surface area contributed by atoms with Crippen LogP contribution in [0.5, 0.6) is 5.75 Å².